The van der Waals surface area contributed by atoms with Gasteiger partial charge < -0.3 is 4.90 Å². The molecular formula is C11H13BrFN. The molecule has 0 saturated carbocycles. The molecule has 2 rings (SSSR count). The Labute approximate surface area is 92.0 Å². The fourth-order valence-electron chi connectivity index (χ4n) is 1.90. The van der Waals surface area contributed by atoms with Crippen molar-refractivity contribution in [2.45, 2.75) is 13.8 Å². The van der Waals surface area contributed by atoms with Crippen molar-refractivity contribution in [2.75, 3.05) is 18.0 Å². The summed E-state index contributed by atoms with van der Waals surface area (Å²) < 4.78 is 13.7. The van der Waals surface area contributed by atoms with E-state index in [-0.39, 0.29) is 5.82 Å². The van der Waals surface area contributed by atoms with E-state index in [1.807, 2.05) is 6.07 Å². The first-order valence-corrected chi connectivity index (χ1v) is 5.47. The topological polar surface area (TPSA) is 3.24 Å². The smallest absolute Gasteiger partial charge is 0.124 e. The Morgan fingerprint density at radius 2 is 2.00 bits per heavy atom. The van der Waals surface area contributed by atoms with Crippen LogP contribution >= 0.6 is 15.9 Å². The number of benzene rings is 1. The Kier molecular flexibility index (Phi) is 2.30. The maximum absolute atomic E-state index is 12.8. The summed E-state index contributed by atoms with van der Waals surface area (Å²) in [7, 11) is 0. The van der Waals surface area contributed by atoms with Crippen LogP contribution in [0.4, 0.5) is 10.1 Å². The van der Waals surface area contributed by atoms with Gasteiger partial charge in [-0.25, -0.2) is 4.39 Å². The van der Waals surface area contributed by atoms with E-state index >= 15 is 0 Å². The van der Waals surface area contributed by atoms with Gasteiger partial charge in [0.1, 0.15) is 5.82 Å². The van der Waals surface area contributed by atoms with Crippen LogP contribution in [0.1, 0.15) is 13.8 Å². The fraction of sp³-hybridized carbons (Fsp3) is 0.455. The number of hydrogen-bond donors (Lipinski definition) is 0. The number of anilines is 1. The van der Waals surface area contributed by atoms with Crippen molar-refractivity contribution in [3.8, 4) is 0 Å². The first-order valence-electron chi connectivity index (χ1n) is 4.68. The van der Waals surface area contributed by atoms with E-state index in [1.165, 1.54) is 12.1 Å². The third-order valence-electron chi connectivity index (χ3n) is 2.49. The van der Waals surface area contributed by atoms with Crippen LogP contribution in [0.5, 0.6) is 0 Å². The van der Waals surface area contributed by atoms with Gasteiger partial charge in [0, 0.05) is 17.6 Å². The van der Waals surface area contributed by atoms with Crippen molar-refractivity contribution >= 4 is 21.6 Å². The second kappa shape index (κ2) is 3.23. The molecule has 0 bridgehead atoms. The summed E-state index contributed by atoms with van der Waals surface area (Å²) in [6, 6.07) is 4.85. The molecule has 1 aromatic rings. The molecule has 1 aliphatic heterocycles. The molecule has 1 fully saturated rings. The number of nitrogens with zero attached hydrogens (tertiary/aromatic N) is 1. The van der Waals surface area contributed by atoms with E-state index in [4.69, 9.17) is 0 Å². The van der Waals surface area contributed by atoms with Gasteiger partial charge in [0.2, 0.25) is 0 Å². The van der Waals surface area contributed by atoms with Gasteiger partial charge in [0.15, 0.2) is 0 Å². The van der Waals surface area contributed by atoms with E-state index in [0.29, 0.717) is 5.41 Å². The lowest BCUT2D eigenvalue weighted by Gasteiger charge is -2.47. The Balaban J connectivity index is 2.19. The number of halogens is 2. The molecule has 1 aliphatic rings. The van der Waals surface area contributed by atoms with Gasteiger partial charge in [0.05, 0.1) is 5.69 Å². The quantitative estimate of drug-likeness (QED) is 0.745. The minimum absolute atomic E-state index is 0.194. The van der Waals surface area contributed by atoms with Crippen molar-refractivity contribution in [3.63, 3.8) is 0 Å². The summed E-state index contributed by atoms with van der Waals surface area (Å²) in [6.45, 7) is 6.55. The predicted molar refractivity (Wildman–Crippen MR) is 60.1 cm³/mol. The highest BCUT2D eigenvalue weighted by Gasteiger charge is 2.34. The third-order valence-corrected chi connectivity index (χ3v) is 3.12. The summed E-state index contributed by atoms with van der Waals surface area (Å²) in [4.78, 5) is 2.25. The van der Waals surface area contributed by atoms with Crippen LogP contribution in [0, 0.1) is 11.2 Å². The van der Waals surface area contributed by atoms with Gasteiger partial charge in [0.25, 0.3) is 0 Å². The van der Waals surface area contributed by atoms with Crippen LogP contribution in [-0.2, 0) is 0 Å². The second-order valence-electron chi connectivity index (χ2n) is 4.62. The fourth-order valence-corrected chi connectivity index (χ4v) is 2.50. The van der Waals surface area contributed by atoms with Gasteiger partial charge >= 0.3 is 0 Å². The number of rotatable bonds is 1. The molecule has 0 N–H and O–H groups in total. The average molecular weight is 258 g/mol. The van der Waals surface area contributed by atoms with Gasteiger partial charge in [-0.15, -0.1) is 0 Å². The maximum Gasteiger partial charge on any atom is 0.124 e. The van der Waals surface area contributed by atoms with Crippen molar-refractivity contribution in [3.05, 3.63) is 28.5 Å². The third kappa shape index (κ3) is 1.78. The summed E-state index contributed by atoms with van der Waals surface area (Å²) in [5.41, 5.74) is 1.49. The Bertz CT molecular complexity index is 354. The molecule has 0 amide bonds. The van der Waals surface area contributed by atoms with Crippen LogP contribution in [0.25, 0.3) is 0 Å². The Hall–Kier alpha value is -0.570. The molecule has 1 saturated heterocycles. The first kappa shape index (κ1) is 9.97. The van der Waals surface area contributed by atoms with Crippen molar-refractivity contribution in [1.82, 2.24) is 0 Å². The van der Waals surface area contributed by atoms with Crippen LogP contribution in [0.2, 0.25) is 0 Å². The molecule has 1 heterocycles. The summed E-state index contributed by atoms with van der Waals surface area (Å²) in [6.07, 6.45) is 0. The van der Waals surface area contributed by atoms with E-state index in [0.717, 1.165) is 23.2 Å². The monoisotopic (exact) mass is 257 g/mol. The summed E-state index contributed by atoms with van der Waals surface area (Å²) in [5, 5.41) is 0. The minimum Gasteiger partial charge on any atom is -0.369 e. The normalized spacial score (nSPS) is 19.3. The summed E-state index contributed by atoms with van der Waals surface area (Å²) >= 11 is 3.38. The molecule has 3 heteroatoms. The van der Waals surface area contributed by atoms with Crippen molar-refractivity contribution < 1.29 is 4.39 Å². The maximum atomic E-state index is 12.8. The van der Waals surface area contributed by atoms with Gasteiger partial charge in [-0.05, 0) is 39.5 Å². The molecule has 0 atom stereocenters. The van der Waals surface area contributed by atoms with Crippen LogP contribution in [0.15, 0.2) is 22.7 Å². The van der Waals surface area contributed by atoms with Crippen LogP contribution in [0.3, 0.4) is 0 Å². The standard InChI is InChI=1S/C11H13BrFN/c1-11(2)6-14(7-11)10-4-3-8(13)5-9(10)12/h3-5H,6-7H2,1-2H3. The molecule has 0 aliphatic carbocycles. The lowest BCUT2D eigenvalue weighted by atomic mass is 9.84. The zero-order valence-corrected chi connectivity index (χ0v) is 9.94. The number of hydrogen-bond acceptors (Lipinski definition) is 1. The highest BCUT2D eigenvalue weighted by molar-refractivity contribution is 9.10. The lowest BCUT2D eigenvalue weighted by Crippen LogP contribution is -2.53. The zero-order chi connectivity index (χ0) is 10.3. The van der Waals surface area contributed by atoms with Crippen molar-refractivity contribution in [1.29, 1.82) is 0 Å². The molecule has 0 aromatic heterocycles. The summed E-state index contributed by atoms with van der Waals surface area (Å²) in [5.74, 6) is -0.194. The van der Waals surface area contributed by atoms with Crippen molar-refractivity contribution in [2.24, 2.45) is 5.41 Å². The van der Waals surface area contributed by atoms with E-state index in [2.05, 4.69) is 34.7 Å². The second-order valence-corrected chi connectivity index (χ2v) is 5.47. The molecule has 0 radical (unpaired) electrons. The largest absolute Gasteiger partial charge is 0.369 e. The van der Waals surface area contributed by atoms with Gasteiger partial charge in [-0.2, -0.15) is 0 Å². The Morgan fingerprint density at radius 3 is 2.50 bits per heavy atom. The highest BCUT2D eigenvalue weighted by Crippen LogP contribution is 2.37. The molecular weight excluding hydrogens is 245 g/mol. The SMILES string of the molecule is CC1(C)CN(c2ccc(F)cc2Br)C1. The molecule has 0 spiro atoms. The minimum atomic E-state index is -0.194. The van der Waals surface area contributed by atoms with Crippen LogP contribution < -0.4 is 4.90 Å². The zero-order valence-electron chi connectivity index (χ0n) is 8.35. The average Bonchev–Trinajstić information content (AvgIpc) is 2.00. The van der Waals surface area contributed by atoms with E-state index < -0.39 is 0 Å². The van der Waals surface area contributed by atoms with E-state index in [1.54, 1.807) is 0 Å². The molecule has 1 nitrogen and oxygen atoms in total. The van der Waals surface area contributed by atoms with Gasteiger partial charge in [-0.1, -0.05) is 13.8 Å². The predicted octanol–water partition coefficient (Wildman–Crippen LogP) is 3.43. The van der Waals surface area contributed by atoms with E-state index in [9.17, 15) is 4.39 Å². The molecule has 76 valence electrons. The molecule has 1 aromatic carbocycles. The molecule has 0 unspecified atom stereocenters. The highest BCUT2D eigenvalue weighted by atomic mass is 79.9. The molecule has 14 heavy (non-hydrogen) atoms. The van der Waals surface area contributed by atoms with Gasteiger partial charge in [-0.3, -0.25) is 0 Å². The van der Waals surface area contributed by atoms with Crippen LogP contribution in [-0.4, -0.2) is 13.1 Å². The lowest BCUT2D eigenvalue weighted by molar-refractivity contribution is 0.276. The first-order chi connectivity index (χ1) is 6.48. The Morgan fingerprint density at radius 1 is 1.36 bits per heavy atom.